The van der Waals surface area contributed by atoms with Crippen molar-refractivity contribution in [1.82, 2.24) is 10.6 Å². The summed E-state index contributed by atoms with van der Waals surface area (Å²) in [5, 5.41) is 16.9. The smallest absolute Gasteiger partial charge is 0.252 e. The number of benzene rings is 1. The second kappa shape index (κ2) is 9.06. The summed E-state index contributed by atoms with van der Waals surface area (Å²) in [5.74, 6) is -0.223. The van der Waals surface area contributed by atoms with Crippen LogP contribution in [0.4, 0.5) is 0 Å². The van der Waals surface area contributed by atoms with Crippen LogP contribution in [-0.4, -0.2) is 43.4 Å². The Bertz CT molecular complexity index is 516. The Morgan fingerprint density at radius 1 is 1.39 bits per heavy atom. The summed E-state index contributed by atoms with van der Waals surface area (Å²) in [7, 11) is 1.53. The molecule has 1 aliphatic heterocycles. The Balaban J connectivity index is 0.00000264. The number of rotatable bonds is 5. The van der Waals surface area contributed by atoms with Crippen molar-refractivity contribution < 1.29 is 14.6 Å². The van der Waals surface area contributed by atoms with E-state index < -0.39 is 11.7 Å². The van der Waals surface area contributed by atoms with Crippen LogP contribution in [0.25, 0.3) is 0 Å². The van der Waals surface area contributed by atoms with Crippen molar-refractivity contribution >= 4 is 41.5 Å². The fourth-order valence-electron chi connectivity index (χ4n) is 2.64. The average molecular weight is 384 g/mol. The summed E-state index contributed by atoms with van der Waals surface area (Å²) in [5.41, 5.74) is -0.419. The second-order valence-corrected chi connectivity index (χ2v) is 6.12. The SMILES string of the molecule is COC1(C(=O)NCC(O)c2c(Cl)cccc2Cl)CCNCC1.Cl. The number of aliphatic hydroxyl groups excluding tert-OH is 1. The number of methoxy groups -OCH3 is 1. The highest BCUT2D eigenvalue weighted by Gasteiger charge is 2.39. The first kappa shape index (κ1) is 20.5. The van der Waals surface area contributed by atoms with Crippen LogP contribution in [0.5, 0.6) is 0 Å². The molecule has 8 heteroatoms. The maximum absolute atomic E-state index is 12.4. The van der Waals surface area contributed by atoms with Crippen LogP contribution in [0, 0.1) is 0 Å². The van der Waals surface area contributed by atoms with Gasteiger partial charge in [0.15, 0.2) is 0 Å². The molecular formula is C15H21Cl3N2O3. The Morgan fingerprint density at radius 2 is 1.96 bits per heavy atom. The number of aliphatic hydroxyl groups is 1. The van der Waals surface area contributed by atoms with Crippen molar-refractivity contribution in [2.75, 3.05) is 26.7 Å². The number of carbonyl (C=O) groups excluding carboxylic acids is 1. The minimum Gasteiger partial charge on any atom is -0.386 e. The molecule has 1 aromatic carbocycles. The van der Waals surface area contributed by atoms with Gasteiger partial charge in [-0.05, 0) is 38.1 Å². The van der Waals surface area contributed by atoms with E-state index in [2.05, 4.69) is 10.6 Å². The zero-order chi connectivity index (χ0) is 16.2. The van der Waals surface area contributed by atoms with Crippen LogP contribution in [0.2, 0.25) is 10.0 Å². The van der Waals surface area contributed by atoms with Crippen LogP contribution in [0.3, 0.4) is 0 Å². The van der Waals surface area contributed by atoms with E-state index in [4.69, 9.17) is 27.9 Å². The number of piperidine rings is 1. The largest absolute Gasteiger partial charge is 0.386 e. The van der Waals surface area contributed by atoms with Gasteiger partial charge in [-0.15, -0.1) is 12.4 Å². The van der Waals surface area contributed by atoms with Crippen LogP contribution in [-0.2, 0) is 9.53 Å². The highest BCUT2D eigenvalue weighted by atomic mass is 35.5. The molecule has 2 rings (SSSR count). The van der Waals surface area contributed by atoms with E-state index in [1.54, 1.807) is 18.2 Å². The molecule has 130 valence electrons. The number of halogens is 3. The predicted octanol–water partition coefficient (Wildman–Crippen LogP) is 2.33. The Labute approximate surface area is 152 Å². The van der Waals surface area contributed by atoms with E-state index in [0.717, 1.165) is 13.1 Å². The Kier molecular flexibility index (Phi) is 8.07. The predicted molar refractivity (Wildman–Crippen MR) is 93.5 cm³/mol. The quantitative estimate of drug-likeness (QED) is 0.730. The topological polar surface area (TPSA) is 70.6 Å². The van der Waals surface area contributed by atoms with E-state index in [9.17, 15) is 9.90 Å². The number of hydrogen-bond donors (Lipinski definition) is 3. The van der Waals surface area contributed by atoms with Crippen molar-refractivity contribution in [3.05, 3.63) is 33.8 Å². The maximum Gasteiger partial charge on any atom is 0.252 e. The summed E-state index contributed by atoms with van der Waals surface area (Å²) in [6.07, 6.45) is 0.220. The van der Waals surface area contributed by atoms with Gasteiger partial charge in [0.25, 0.3) is 5.91 Å². The maximum atomic E-state index is 12.4. The number of ether oxygens (including phenoxy) is 1. The third-order valence-corrected chi connectivity index (χ3v) is 4.66. The fourth-order valence-corrected chi connectivity index (χ4v) is 3.29. The molecule has 5 nitrogen and oxygen atoms in total. The molecule has 1 amide bonds. The van der Waals surface area contributed by atoms with Gasteiger partial charge < -0.3 is 20.5 Å². The molecule has 1 heterocycles. The Morgan fingerprint density at radius 3 is 2.48 bits per heavy atom. The first-order chi connectivity index (χ1) is 10.5. The summed E-state index contributed by atoms with van der Waals surface area (Å²) in [4.78, 5) is 12.4. The van der Waals surface area contributed by atoms with E-state index >= 15 is 0 Å². The molecule has 1 aliphatic rings. The lowest BCUT2D eigenvalue weighted by Gasteiger charge is -2.35. The lowest BCUT2D eigenvalue weighted by atomic mass is 9.91. The fraction of sp³-hybridized carbons (Fsp3) is 0.533. The number of nitrogens with one attached hydrogen (secondary N) is 2. The molecule has 1 unspecified atom stereocenters. The standard InChI is InChI=1S/C15H20Cl2N2O3.ClH/c1-22-15(5-7-18-8-6-15)14(21)19-9-12(20)13-10(16)3-2-4-11(13)17;/h2-4,12,18,20H,5-9H2,1H3,(H,19,21);1H. The minimum absolute atomic E-state index is 0. The molecule has 23 heavy (non-hydrogen) atoms. The summed E-state index contributed by atoms with van der Waals surface area (Å²) < 4.78 is 5.44. The van der Waals surface area contributed by atoms with E-state index in [1.165, 1.54) is 7.11 Å². The Hall–Kier alpha value is -0.560. The van der Waals surface area contributed by atoms with Gasteiger partial charge in [0.1, 0.15) is 5.60 Å². The molecule has 1 aromatic rings. The zero-order valence-electron chi connectivity index (χ0n) is 12.8. The summed E-state index contributed by atoms with van der Waals surface area (Å²) >= 11 is 12.1. The molecule has 1 fully saturated rings. The molecule has 3 N–H and O–H groups in total. The van der Waals surface area contributed by atoms with Crippen LogP contribution < -0.4 is 10.6 Å². The van der Waals surface area contributed by atoms with Gasteiger partial charge in [0.2, 0.25) is 0 Å². The summed E-state index contributed by atoms with van der Waals surface area (Å²) in [6.45, 7) is 1.47. The first-order valence-corrected chi connectivity index (χ1v) is 7.92. The zero-order valence-corrected chi connectivity index (χ0v) is 15.1. The van der Waals surface area contributed by atoms with Crippen molar-refractivity contribution in [2.24, 2.45) is 0 Å². The van der Waals surface area contributed by atoms with E-state index in [0.29, 0.717) is 28.5 Å². The van der Waals surface area contributed by atoms with E-state index in [1.807, 2.05) is 0 Å². The molecule has 0 spiro atoms. The average Bonchev–Trinajstić information content (AvgIpc) is 2.53. The van der Waals surface area contributed by atoms with Crippen LogP contribution >= 0.6 is 35.6 Å². The van der Waals surface area contributed by atoms with Crippen molar-refractivity contribution in [3.63, 3.8) is 0 Å². The van der Waals surface area contributed by atoms with Gasteiger partial charge in [0, 0.05) is 29.3 Å². The van der Waals surface area contributed by atoms with Gasteiger partial charge in [-0.25, -0.2) is 0 Å². The first-order valence-electron chi connectivity index (χ1n) is 7.16. The number of amides is 1. The molecule has 1 saturated heterocycles. The third-order valence-electron chi connectivity index (χ3n) is 4.00. The minimum atomic E-state index is -0.972. The molecule has 0 bridgehead atoms. The molecule has 0 aromatic heterocycles. The molecular weight excluding hydrogens is 363 g/mol. The molecule has 0 aliphatic carbocycles. The van der Waals surface area contributed by atoms with E-state index in [-0.39, 0.29) is 24.9 Å². The molecule has 1 atom stereocenters. The normalized spacial score (nSPS) is 17.9. The van der Waals surface area contributed by atoms with Gasteiger partial charge in [0.05, 0.1) is 6.10 Å². The lowest BCUT2D eigenvalue weighted by Crippen LogP contribution is -2.54. The van der Waals surface area contributed by atoms with Gasteiger partial charge in [-0.3, -0.25) is 4.79 Å². The highest BCUT2D eigenvalue weighted by molar-refractivity contribution is 6.36. The molecule has 0 saturated carbocycles. The summed E-state index contributed by atoms with van der Waals surface area (Å²) in [6, 6.07) is 5.00. The monoisotopic (exact) mass is 382 g/mol. The lowest BCUT2D eigenvalue weighted by molar-refractivity contribution is -0.147. The van der Waals surface area contributed by atoms with Crippen LogP contribution in [0.1, 0.15) is 24.5 Å². The number of carbonyl (C=O) groups is 1. The third kappa shape index (κ3) is 4.72. The van der Waals surface area contributed by atoms with Crippen molar-refractivity contribution in [1.29, 1.82) is 0 Å². The van der Waals surface area contributed by atoms with Crippen molar-refractivity contribution in [2.45, 2.75) is 24.5 Å². The highest BCUT2D eigenvalue weighted by Crippen LogP contribution is 2.30. The van der Waals surface area contributed by atoms with Gasteiger partial charge in [-0.1, -0.05) is 29.3 Å². The van der Waals surface area contributed by atoms with Crippen LogP contribution in [0.15, 0.2) is 18.2 Å². The van der Waals surface area contributed by atoms with Gasteiger partial charge >= 0.3 is 0 Å². The second-order valence-electron chi connectivity index (χ2n) is 5.31. The van der Waals surface area contributed by atoms with Gasteiger partial charge in [-0.2, -0.15) is 0 Å². The van der Waals surface area contributed by atoms with Crippen molar-refractivity contribution in [3.8, 4) is 0 Å². The molecule has 0 radical (unpaired) electrons. The number of hydrogen-bond acceptors (Lipinski definition) is 4.